The maximum Gasteiger partial charge on any atom is 0.275 e. The largest absolute Gasteiger partial charge is 0.467 e. The molecule has 2 heterocycles. The number of nitrogens with one attached hydrogen (secondary N) is 2. The normalized spacial score (nSPS) is 10.3. The monoisotopic (exact) mass is 308 g/mol. The number of anilines is 2. The zero-order valence-electron chi connectivity index (χ0n) is 12.6. The summed E-state index contributed by atoms with van der Waals surface area (Å²) in [6.07, 6.45) is 4.58. The number of nitrogens with zero attached hydrogens (tertiary/aromatic N) is 2. The van der Waals surface area contributed by atoms with Gasteiger partial charge in [-0.2, -0.15) is 0 Å². The van der Waals surface area contributed by atoms with E-state index in [1.54, 1.807) is 6.26 Å². The number of para-hydroxylation sites is 1. The van der Waals surface area contributed by atoms with Crippen molar-refractivity contribution in [3.8, 4) is 0 Å². The second kappa shape index (κ2) is 6.74. The van der Waals surface area contributed by atoms with Crippen molar-refractivity contribution in [2.75, 3.05) is 10.6 Å². The Morgan fingerprint density at radius 1 is 1.13 bits per heavy atom. The molecule has 0 saturated heterocycles. The van der Waals surface area contributed by atoms with Crippen molar-refractivity contribution in [3.05, 3.63) is 72.1 Å². The van der Waals surface area contributed by atoms with Gasteiger partial charge >= 0.3 is 0 Å². The Labute approximate surface area is 133 Å². The van der Waals surface area contributed by atoms with Crippen LogP contribution < -0.4 is 10.6 Å². The average Bonchev–Trinajstić information content (AvgIpc) is 3.09. The van der Waals surface area contributed by atoms with Gasteiger partial charge in [0.1, 0.15) is 17.3 Å². The molecule has 6 heteroatoms. The topological polar surface area (TPSA) is 80.0 Å². The van der Waals surface area contributed by atoms with Gasteiger partial charge in [0.15, 0.2) is 0 Å². The first-order valence-corrected chi connectivity index (χ1v) is 7.17. The minimum Gasteiger partial charge on any atom is -0.467 e. The molecule has 0 saturated carbocycles. The van der Waals surface area contributed by atoms with E-state index in [0.29, 0.717) is 12.4 Å². The standard InChI is InChI=1S/C17H16N4O2/c1-12-5-2-3-7-14(12)21-17(22)15-10-20-16(11-18-15)19-9-13-6-4-8-23-13/h2-8,10-11H,9H2,1H3,(H,19,20)(H,21,22). The Morgan fingerprint density at radius 3 is 2.70 bits per heavy atom. The fourth-order valence-electron chi connectivity index (χ4n) is 2.03. The number of carbonyl (C=O) groups excluding carboxylic acids is 1. The fraction of sp³-hybridized carbons (Fsp3) is 0.118. The Hall–Kier alpha value is -3.15. The summed E-state index contributed by atoms with van der Waals surface area (Å²) >= 11 is 0. The number of hydrogen-bond donors (Lipinski definition) is 2. The second-order valence-corrected chi connectivity index (χ2v) is 4.99. The Balaban J connectivity index is 1.62. The van der Waals surface area contributed by atoms with Gasteiger partial charge in [-0.3, -0.25) is 4.79 Å². The Morgan fingerprint density at radius 2 is 2.00 bits per heavy atom. The summed E-state index contributed by atoms with van der Waals surface area (Å²) in [7, 11) is 0. The molecule has 0 fully saturated rings. The molecule has 2 aromatic heterocycles. The quantitative estimate of drug-likeness (QED) is 0.756. The van der Waals surface area contributed by atoms with Crippen LogP contribution in [-0.2, 0) is 6.54 Å². The lowest BCUT2D eigenvalue weighted by Gasteiger charge is -2.08. The Bertz CT molecular complexity index is 783. The first-order chi connectivity index (χ1) is 11.2. The highest BCUT2D eigenvalue weighted by Crippen LogP contribution is 2.14. The van der Waals surface area contributed by atoms with Crippen LogP contribution in [-0.4, -0.2) is 15.9 Å². The van der Waals surface area contributed by atoms with Crippen LogP contribution in [0.15, 0.2) is 59.5 Å². The lowest BCUT2D eigenvalue weighted by Crippen LogP contribution is -2.15. The molecule has 0 aliphatic carbocycles. The van der Waals surface area contributed by atoms with Crippen LogP contribution in [0.25, 0.3) is 0 Å². The lowest BCUT2D eigenvalue weighted by molar-refractivity contribution is 0.102. The molecule has 0 bridgehead atoms. The van der Waals surface area contributed by atoms with Gasteiger partial charge in [-0.1, -0.05) is 18.2 Å². The highest BCUT2D eigenvalue weighted by atomic mass is 16.3. The van der Waals surface area contributed by atoms with Crippen molar-refractivity contribution >= 4 is 17.4 Å². The van der Waals surface area contributed by atoms with Gasteiger partial charge in [-0.25, -0.2) is 9.97 Å². The average molecular weight is 308 g/mol. The highest BCUT2D eigenvalue weighted by molar-refractivity contribution is 6.03. The van der Waals surface area contributed by atoms with Crippen molar-refractivity contribution in [2.24, 2.45) is 0 Å². The number of benzene rings is 1. The number of furan rings is 1. The summed E-state index contributed by atoms with van der Waals surface area (Å²) in [6, 6.07) is 11.3. The van der Waals surface area contributed by atoms with Crippen LogP contribution in [0, 0.1) is 6.92 Å². The third-order valence-corrected chi connectivity index (χ3v) is 3.30. The van der Waals surface area contributed by atoms with E-state index in [1.807, 2.05) is 43.3 Å². The smallest absolute Gasteiger partial charge is 0.275 e. The molecule has 2 N–H and O–H groups in total. The number of hydrogen-bond acceptors (Lipinski definition) is 5. The molecule has 3 rings (SSSR count). The van der Waals surface area contributed by atoms with E-state index in [9.17, 15) is 4.79 Å². The predicted molar refractivity (Wildman–Crippen MR) is 87.2 cm³/mol. The summed E-state index contributed by atoms with van der Waals surface area (Å²) in [5, 5.41) is 5.90. The van der Waals surface area contributed by atoms with Crippen molar-refractivity contribution in [1.29, 1.82) is 0 Å². The van der Waals surface area contributed by atoms with Crippen LogP contribution in [0.3, 0.4) is 0 Å². The SMILES string of the molecule is Cc1ccccc1NC(=O)c1cnc(NCc2ccco2)cn1. The molecule has 23 heavy (non-hydrogen) atoms. The zero-order valence-corrected chi connectivity index (χ0v) is 12.6. The summed E-state index contributed by atoms with van der Waals surface area (Å²) < 4.78 is 5.22. The van der Waals surface area contributed by atoms with Crippen molar-refractivity contribution in [3.63, 3.8) is 0 Å². The molecular weight excluding hydrogens is 292 g/mol. The molecule has 1 aromatic carbocycles. The lowest BCUT2D eigenvalue weighted by atomic mass is 10.2. The number of carbonyl (C=O) groups is 1. The molecule has 3 aromatic rings. The van der Waals surface area contributed by atoms with E-state index >= 15 is 0 Å². The van der Waals surface area contributed by atoms with Gasteiger partial charge in [0.25, 0.3) is 5.91 Å². The van der Waals surface area contributed by atoms with E-state index in [-0.39, 0.29) is 11.6 Å². The van der Waals surface area contributed by atoms with Gasteiger partial charge in [0, 0.05) is 5.69 Å². The predicted octanol–water partition coefficient (Wildman–Crippen LogP) is 3.24. The first-order valence-electron chi connectivity index (χ1n) is 7.17. The maximum absolute atomic E-state index is 12.2. The summed E-state index contributed by atoms with van der Waals surface area (Å²) in [4.78, 5) is 20.5. The second-order valence-electron chi connectivity index (χ2n) is 4.99. The first kappa shape index (κ1) is 14.8. The Kier molecular flexibility index (Phi) is 4.33. The molecule has 6 nitrogen and oxygen atoms in total. The van der Waals surface area contributed by atoms with Crippen LogP contribution in [0.5, 0.6) is 0 Å². The van der Waals surface area contributed by atoms with Crippen LogP contribution in [0.2, 0.25) is 0 Å². The minimum atomic E-state index is -0.288. The number of aromatic nitrogens is 2. The molecule has 0 aliphatic heterocycles. The van der Waals surface area contributed by atoms with E-state index in [0.717, 1.165) is 17.0 Å². The summed E-state index contributed by atoms with van der Waals surface area (Å²) in [6.45, 7) is 2.44. The molecule has 116 valence electrons. The maximum atomic E-state index is 12.2. The van der Waals surface area contributed by atoms with Gasteiger partial charge in [-0.05, 0) is 30.7 Å². The van der Waals surface area contributed by atoms with E-state index in [1.165, 1.54) is 12.4 Å². The fourth-order valence-corrected chi connectivity index (χ4v) is 2.03. The molecule has 0 unspecified atom stereocenters. The van der Waals surface area contributed by atoms with Crippen LogP contribution in [0.4, 0.5) is 11.5 Å². The third-order valence-electron chi connectivity index (χ3n) is 3.30. The molecule has 0 atom stereocenters. The number of rotatable bonds is 5. The number of aryl methyl sites for hydroxylation is 1. The molecule has 0 spiro atoms. The van der Waals surface area contributed by atoms with E-state index in [4.69, 9.17) is 4.42 Å². The third kappa shape index (κ3) is 3.74. The molecule has 1 amide bonds. The van der Waals surface area contributed by atoms with Crippen molar-refractivity contribution in [1.82, 2.24) is 9.97 Å². The molecule has 0 aliphatic rings. The van der Waals surface area contributed by atoms with Gasteiger partial charge in [0.2, 0.25) is 0 Å². The van der Waals surface area contributed by atoms with Crippen LogP contribution in [0.1, 0.15) is 21.8 Å². The molecular formula is C17H16N4O2. The summed E-state index contributed by atoms with van der Waals surface area (Å²) in [5.74, 6) is 1.09. The zero-order chi connectivity index (χ0) is 16.1. The van der Waals surface area contributed by atoms with Gasteiger partial charge < -0.3 is 15.1 Å². The van der Waals surface area contributed by atoms with Crippen molar-refractivity contribution in [2.45, 2.75) is 13.5 Å². The van der Waals surface area contributed by atoms with E-state index < -0.39 is 0 Å². The van der Waals surface area contributed by atoms with Gasteiger partial charge in [0.05, 0.1) is 25.2 Å². The van der Waals surface area contributed by atoms with Crippen molar-refractivity contribution < 1.29 is 9.21 Å². The molecule has 0 radical (unpaired) electrons. The van der Waals surface area contributed by atoms with E-state index in [2.05, 4.69) is 20.6 Å². The summed E-state index contributed by atoms with van der Waals surface area (Å²) in [5.41, 5.74) is 2.02. The highest BCUT2D eigenvalue weighted by Gasteiger charge is 2.09. The number of amides is 1. The van der Waals surface area contributed by atoms with Crippen LogP contribution >= 0.6 is 0 Å². The minimum absolute atomic E-state index is 0.261. The van der Waals surface area contributed by atoms with Gasteiger partial charge in [-0.15, -0.1) is 0 Å².